The fraction of sp³-hybridized carbons (Fsp3) is 0.100. The molecule has 0 saturated heterocycles. The van der Waals surface area contributed by atoms with Crippen molar-refractivity contribution in [2.45, 2.75) is 6.18 Å². The fourth-order valence-electron chi connectivity index (χ4n) is 1.65. The van der Waals surface area contributed by atoms with E-state index < -0.39 is 11.7 Å². The van der Waals surface area contributed by atoms with Crippen molar-refractivity contribution in [1.29, 1.82) is 0 Å². The van der Waals surface area contributed by atoms with Crippen LogP contribution in [0.1, 0.15) is 5.56 Å². The molecule has 0 spiro atoms. The van der Waals surface area contributed by atoms with E-state index in [0.717, 1.165) is 12.1 Å². The lowest BCUT2D eigenvalue weighted by Gasteiger charge is -2.07. The molecular weight excluding hydrogens is 233 g/mol. The van der Waals surface area contributed by atoms with Crippen LogP contribution in [0.4, 0.5) is 13.2 Å². The van der Waals surface area contributed by atoms with Crippen LogP contribution >= 0.6 is 0 Å². The molecule has 0 unspecified atom stereocenters. The monoisotopic (exact) mass is 238 g/mol. The van der Waals surface area contributed by atoms with Crippen molar-refractivity contribution < 1.29 is 13.2 Å². The molecule has 0 N–H and O–H groups in total. The Balaban J connectivity index is 2.34. The number of rotatable bonds is 0. The maximum atomic E-state index is 12.5. The summed E-state index contributed by atoms with van der Waals surface area (Å²) >= 11 is 0. The summed E-state index contributed by atoms with van der Waals surface area (Å²) in [5, 5.41) is 4.40. The Hall–Kier alpha value is -2.18. The predicted octanol–water partition coefficient (Wildman–Crippen LogP) is 2.30. The van der Waals surface area contributed by atoms with Crippen LogP contribution in [0, 0.1) is 0 Å². The molecule has 3 rings (SSSR count). The van der Waals surface area contributed by atoms with Crippen LogP contribution in [0.3, 0.4) is 0 Å². The van der Waals surface area contributed by atoms with E-state index in [1.54, 1.807) is 0 Å². The number of fused-ring (bicyclic) bond motifs is 3. The summed E-state index contributed by atoms with van der Waals surface area (Å²) < 4.78 is 38.9. The highest BCUT2D eigenvalue weighted by Crippen LogP contribution is 2.31. The normalized spacial score (nSPS) is 12.4. The SMILES string of the molecule is FC(F)(F)c1ccc2c(c1)ncn1ncnc21. The molecule has 0 fully saturated rings. The topological polar surface area (TPSA) is 43.1 Å². The third-order valence-corrected chi connectivity index (χ3v) is 2.45. The lowest BCUT2D eigenvalue weighted by atomic mass is 10.1. The maximum Gasteiger partial charge on any atom is 0.416 e. The van der Waals surface area contributed by atoms with E-state index in [-0.39, 0.29) is 5.52 Å². The van der Waals surface area contributed by atoms with Gasteiger partial charge in [-0.3, -0.25) is 0 Å². The van der Waals surface area contributed by atoms with E-state index in [1.165, 1.54) is 23.2 Å². The molecule has 0 amide bonds. The van der Waals surface area contributed by atoms with Crippen LogP contribution < -0.4 is 0 Å². The molecule has 0 saturated carbocycles. The summed E-state index contributed by atoms with van der Waals surface area (Å²) in [4.78, 5) is 7.89. The second kappa shape index (κ2) is 3.16. The molecular formula is C10H5F3N4. The Bertz CT molecular complexity index is 701. The number of nitrogens with zero attached hydrogens (tertiary/aromatic N) is 4. The Labute approximate surface area is 92.7 Å². The van der Waals surface area contributed by atoms with Crippen molar-refractivity contribution >= 4 is 16.6 Å². The van der Waals surface area contributed by atoms with Gasteiger partial charge in [0.15, 0.2) is 5.65 Å². The first-order valence-electron chi connectivity index (χ1n) is 4.71. The Morgan fingerprint density at radius 2 is 1.94 bits per heavy atom. The van der Waals surface area contributed by atoms with Crippen molar-refractivity contribution in [1.82, 2.24) is 19.6 Å². The van der Waals surface area contributed by atoms with Crippen LogP contribution in [0.5, 0.6) is 0 Å². The first kappa shape index (κ1) is 10.0. The zero-order valence-corrected chi connectivity index (χ0v) is 8.31. The molecule has 0 aliphatic rings. The van der Waals surface area contributed by atoms with Gasteiger partial charge in [-0.15, -0.1) is 0 Å². The van der Waals surface area contributed by atoms with Crippen molar-refractivity contribution in [3.63, 3.8) is 0 Å². The van der Waals surface area contributed by atoms with Crippen molar-refractivity contribution in [2.24, 2.45) is 0 Å². The molecule has 2 heterocycles. The molecule has 2 aromatic heterocycles. The molecule has 0 aliphatic carbocycles. The van der Waals surface area contributed by atoms with Gasteiger partial charge in [-0.25, -0.2) is 14.5 Å². The van der Waals surface area contributed by atoms with E-state index in [0.29, 0.717) is 11.0 Å². The van der Waals surface area contributed by atoms with Crippen LogP contribution in [0.25, 0.3) is 16.6 Å². The summed E-state index contributed by atoms with van der Waals surface area (Å²) in [6.07, 6.45) is -1.70. The Morgan fingerprint density at radius 1 is 1.12 bits per heavy atom. The Morgan fingerprint density at radius 3 is 2.71 bits per heavy atom. The summed E-state index contributed by atoms with van der Waals surface area (Å²) in [5.74, 6) is 0. The number of hydrogen-bond donors (Lipinski definition) is 0. The van der Waals surface area contributed by atoms with Gasteiger partial charge in [0.2, 0.25) is 0 Å². The molecule has 17 heavy (non-hydrogen) atoms. The third-order valence-electron chi connectivity index (χ3n) is 2.45. The molecule has 86 valence electrons. The number of alkyl halides is 3. The molecule has 7 heteroatoms. The minimum atomic E-state index is -4.37. The van der Waals surface area contributed by atoms with Crippen LogP contribution in [0.15, 0.2) is 30.9 Å². The molecule has 3 aromatic rings. The molecule has 0 aliphatic heterocycles. The summed E-state index contributed by atoms with van der Waals surface area (Å²) in [5.41, 5.74) is 0.0189. The van der Waals surface area contributed by atoms with Gasteiger partial charge in [0.05, 0.1) is 11.1 Å². The molecule has 4 nitrogen and oxygen atoms in total. The van der Waals surface area contributed by atoms with Crippen molar-refractivity contribution in [3.05, 3.63) is 36.4 Å². The largest absolute Gasteiger partial charge is 0.416 e. The second-order valence-corrected chi connectivity index (χ2v) is 3.50. The third kappa shape index (κ3) is 1.50. The standard InChI is InChI=1S/C10H5F3N4/c11-10(12,13)6-1-2-7-8(3-6)15-5-17-9(7)14-4-16-17/h1-5H. The molecule has 0 bridgehead atoms. The van der Waals surface area contributed by atoms with Gasteiger partial charge in [-0.05, 0) is 18.2 Å². The first-order chi connectivity index (χ1) is 8.05. The summed E-state index contributed by atoms with van der Waals surface area (Å²) in [7, 11) is 0. The Kier molecular flexibility index (Phi) is 1.86. The minimum Gasteiger partial charge on any atom is -0.236 e. The summed E-state index contributed by atoms with van der Waals surface area (Å²) in [6.45, 7) is 0. The number of hydrogen-bond acceptors (Lipinski definition) is 3. The van der Waals surface area contributed by atoms with E-state index in [9.17, 15) is 13.2 Å². The minimum absolute atomic E-state index is 0.250. The zero-order valence-electron chi connectivity index (χ0n) is 8.31. The second-order valence-electron chi connectivity index (χ2n) is 3.50. The highest BCUT2D eigenvalue weighted by Gasteiger charge is 2.30. The fourth-order valence-corrected chi connectivity index (χ4v) is 1.65. The lowest BCUT2D eigenvalue weighted by molar-refractivity contribution is -0.137. The van der Waals surface area contributed by atoms with Gasteiger partial charge in [-0.1, -0.05) is 0 Å². The average Bonchev–Trinajstić information content (AvgIpc) is 2.75. The highest BCUT2D eigenvalue weighted by molar-refractivity contribution is 5.91. The summed E-state index contributed by atoms with van der Waals surface area (Å²) in [6, 6.07) is 3.37. The predicted molar refractivity (Wildman–Crippen MR) is 53.3 cm³/mol. The van der Waals surface area contributed by atoms with Gasteiger partial charge in [0, 0.05) is 5.39 Å². The van der Waals surface area contributed by atoms with Crippen molar-refractivity contribution in [2.75, 3.05) is 0 Å². The zero-order chi connectivity index (χ0) is 12.0. The van der Waals surface area contributed by atoms with Gasteiger partial charge in [0.1, 0.15) is 12.7 Å². The van der Waals surface area contributed by atoms with Crippen LogP contribution in [-0.4, -0.2) is 19.6 Å². The number of halogens is 3. The smallest absolute Gasteiger partial charge is 0.236 e. The van der Waals surface area contributed by atoms with Gasteiger partial charge in [-0.2, -0.15) is 18.3 Å². The molecule has 0 atom stereocenters. The van der Waals surface area contributed by atoms with Gasteiger partial charge in [0.25, 0.3) is 0 Å². The quantitative estimate of drug-likeness (QED) is 0.603. The lowest BCUT2D eigenvalue weighted by Crippen LogP contribution is -2.04. The number of benzene rings is 1. The molecule has 0 radical (unpaired) electrons. The van der Waals surface area contributed by atoms with E-state index in [1.807, 2.05) is 0 Å². The average molecular weight is 238 g/mol. The van der Waals surface area contributed by atoms with Crippen LogP contribution in [-0.2, 0) is 6.18 Å². The first-order valence-corrected chi connectivity index (χ1v) is 4.71. The number of aromatic nitrogens is 4. The highest BCUT2D eigenvalue weighted by atomic mass is 19.4. The van der Waals surface area contributed by atoms with Gasteiger partial charge < -0.3 is 0 Å². The maximum absolute atomic E-state index is 12.5. The van der Waals surface area contributed by atoms with E-state index in [4.69, 9.17) is 0 Å². The van der Waals surface area contributed by atoms with Gasteiger partial charge >= 0.3 is 6.18 Å². The van der Waals surface area contributed by atoms with E-state index >= 15 is 0 Å². The van der Waals surface area contributed by atoms with E-state index in [2.05, 4.69) is 15.1 Å². The molecule has 1 aromatic carbocycles. The van der Waals surface area contributed by atoms with Crippen molar-refractivity contribution in [3.8, 4) is 0 Å². The van der Waals surface area contributed by atoms with Crippen LogP contribution in [0.2, 0.25) is 0 Å².